The quantitative estimate of drug-likeness (QED) is 0.235. The fraction of sp³-hybridized carbons (Fsp3) is 0.574. The zero-order valence-corrected chi connectivity index (χ0v) is 38.7. The van der Waals surface area contributed by atoms with Gasteiger partial charge in [0, 0.05) is 106 Å². The Bertz CT molecular complexity index is 2350. The second kappa shape index (κ2) is 18.7. The minimum atomic E-state index is -0.946. The third-order valence-electron chi connectivity index (χ3n) is 13.3. The number of methoxy groups -OCH3 is 1. The summed E-state index contributed by atoms with van der Waals surface area (Å²) >= 11 is 1.46. The predicted octanol–water partition coefficient (Wildman–Crippen LogP) is 5.21. The molecule has 6 bridgehead atoms. The Kier molecular flexibility index (Phi) is 13.2. The average molecular weight is 882 g/mol. The number of likely N-dealkylation sites (tertiary alicyclic amines) is 1. The molecular formula is C47H63N9O6S. The molecule has 16 heteroatoms. The summed E-state index contributed by atoms with van der Waals surface area (Å²) in [4.78, 5) is 71.1. The maximum atomic E-state index is 14.4. The average Bonchev–Trinajstić information content (AvgIpc) is 3.88. The van der Waals surface area contributed by atoms with Crippen LogP contribution in [-0.4, -0.2) is 132 Å². The molecule has 0 saturated carbocycles. The third-order valence-corrected chi connectivity index (χ3v) is 14.2. The third kappa shape index (κ3) is 9.50. The molecule has 0 aliphatic carbocycles. The van der Waals surface area contributed by atoms with Crippen LogP contribution in [0.1, 0.15) is 82.7 Å². The Hall–Kier alpha value is -4.90. The molecule has 4 aliphatic heterocycles. The standard InChI is InChI=1S/C47H63N9O6S/c1-8-55-40-14-13-31-21-34(40)36(43(55)35-22-33(25-48-42(35)29(2)61-7)53-19-17-52(6)18-20-53)24-47(4,5)28-62-46(60)37-12-10-16-56(51-37)45(59)38(23-41-49-39(31)27-63-41)50-44(58)32-11-9-15-54(26-32)30(3)57/h13-14,21-22,25,27,29,32,37-38,51H,8-12,15-20,23-24,26,28H2,1-7H3,(H,50,58)/t29-,32+,37-,38-/m0/s1. The van der Waals surface area contributed by atoms with Gasteiger partial charge in [0.2, 0.25) is 11.8 Å². The van der Waals surface area contributed by atoms with Crippen LogP contribution in [0, 0.1) is 11.3 Å². The number of carbonyl (C=O) groups is 4. The molecular weight excluding hydrogens is 819 g/mol. The molecule has 3 saturated heterocycles. The first kappa shape index (κ1) is 44.7. The summed E-state index contributed by atoms with van der Waals surface area (Å²) in [7, 11) is 3.88. The Morgan fingerprint density at radius 3 is 2.60 bits per heavy atom. The van der Waals surface area contributed by atoms with Crippen LogP contribution in [0.2, 0.25) is 0 Å². The molecule has 1 aromatic carbocycles. The summed E-state index contributed by atoms with van der Waals surface area (Å²) in [6.45, 7) is 15.9. The highest BCUT2D eigenvalue weighted by atomic mass is 32.1. The van der Waals surface area contributed by atoms with Crippen LogP contribution in [0.5, 0.6) is 0 Å². The van der Waals surface area contributed by atoms with Crippen LogP contribution < -0.4 is 15.6 Å². The zero-order chi connectivity index (χ0) is 44.6. The van der Waals surface area contributed by atoms with Crippen molar-refractivity contribution in [2.75, 3.05) is 71.5 Å². The molecule has 4 atom stereocenters. The molecule has 0 radical (unpaired) electrons. The zero-order valence-electron chi connectivity index (χ0n) is 37.9. The lowest BCUT2D eigenvalue weighted by Gasteiger charge is -2.36. The number of aryl methyl sites for hydroxylation is 1. The summed E-state index contributed by atoms with van der Waals surface area (Å²) in [6, 6.07) is 7.11. The van der Waals surface area contributed by atoms with Crippen molar-refractivity contribution in [3.8, 4) is 22.5 Å². The molecule has 3 fully saturated rings. The van der Waals surface area contributed by atoms with Crippen molar-refractivity contribution in [3.63, 3.8) is 0 Å². The lowest BCUT2D eigenvalue weighted by molar-refractivity contribution is -0.155. The van der Waals surface area contributed by atoms with Crippen LogP contribution in [0.4, 0.5) is 5.69 Å². The van der Waals surface area contributed by atoms with E-state index in [1.165, 1.54) is 23.3 Å². The van der Waals surface area contributed by atoms with Crippen molar-refractivity contribution in [2.24, 2.45) is 11.3 Å². The van der Waals surface area contributed by atoms with Gasteiger partial charge in [-0.05, 0) is 76.8 Å². The van der Waals surface area contributed by atoms with E-state index in [1.54, 1.807) is 12.0 Å². The summed E-state index contributed by atoms with van der Waals surface area (Å²) in [5.41, 5.74) is 10.6. The van der Waals surface area contributed by atoms with Gasteiger partial charge < -0.3 is 34.1 Å². The molecule has 8 rings (SSSR count). The Morgan fingerprint density at radius 1 is 1.08 bits per heavy atom. The Labute approximate surface area is 374 Å². The van der Waals surface area contributed by atoms with Gasteiger partial charge in [0.05, 0.1) is 52.6 Å². The van der Waals surface area contributed by atoms with E-state index in [9.17, 15) is 19.2 Å². The van der Waals surface area contributed by atoms with E-state index in [2.05, 4.69) is 77.2 Å². The molecule has 4 aliphatic rings. The van der Waals surface area contributed by atoms with Crippen molar-refractivity contribution < 1.29 is 28.7 Å². The number of amides is 3. The molecule has 0 unspecified atom stereocenters. The number of esters is 1. The number of fused-ring (bicyclic) bond motifs is 6. The molecule has 7 heterocycles. The van der Waals surface area contributed by atoms with Crippen molar-refractivity contribution in [3.05, 3.63) is 52.1 Å². The van der Waals surface area contributed by atoms with Crippen LogP contribution in [0.3, 0.4) is 0 Å². The maximum Gasteiger partial charge on any atom is 0.324 e. The molecule has 63 heavy (non-hydrogen) atoms. The van der Waals surface area contributed by atoms with E-state index < -0.39 is 29.4 Å². The van der Waals surface area contributed by atoms with Gasteiger partial charge in [-0.3, -0.25) is 29.2 Å². The fourth-order valence-electron chi connectivity index (χ4n) is 9.60. The van der Waals surface area contributed by atoms with Gasteiger partial charge in [0.25, 0.3) is 5.91 Å². The first-order chi connectivity index (χ1) is 30.2. The number of piperidine rings is 1. The number of rotatable bonds is 7. The number of hydrogen-bond acceptors (Lipinski definition) is 12. The van der Waals surface area contributed by atoms with E-state index in [1.807, 2.05) is 18.5 Å². The van der Waals surface area contributed by atoms with Gasteiger partial charge in [-0.15, -0.1) is 11.3 Å². The number of cyclic esters (lactones) is 1. The molecule has 3 aromatic heterocycles. The van der Waals surface area contributed by atoms with Gasteiger partial charge in [-0.1, -0.05) is 19.9 Å². The lowest BCUT2D eigenvalue weighted by Crippen LogP contribution is -2.61. The molecule has 4 aromatic rings. The number of piperazine rings is 1. The number of benzene rings is 1. The fourth-order valence-corrected chi connectivity index (χ4v) is 10.5. The Morgan fingerprint density at radius 2 is 1.86 bits per heavy atom. The molecule has 0 spiro atoms. The number of pyridine rings is 1. The monoisotopic (exact) mass is 881 g/mol. The maximum absolute atomic E-state index is 14.4. The summed E-state index contributed by atoms with van der Waals surface area (Å²) in [5, 5.41) is 8.32. The van der Waals surface area contributed by atoms with E-state index in [0.717, 1.165) is 76.5 Å². The number of nitrogens with one attached hydrogen (secondary N) is 2. The number of nitrogens with zero attached hydrogens (tertiary/aromatic N) is 7. The largest absolute Gasteiger partial charge is 0.464 e. The topological polar surface area (TPSA) is 154 Å². The predicted molar refractivity (Wildman–Crippen MR) is 244 cm³/mol. The SMILES string of the molecule is CCn1c(-c2cc(N3CCN(C)CC3)cnc2[C@H](C)OC)c2c3cc(ccc31)-c1csc(n1)C[C@H](NC(=O)[C@@H]1CCCN(C(C)=O)C1)C(=O)N1CCC[C@H](N1)C(=O)OCC(C)(C)C2. The second-order valence-corrected chi connectivity index (χ2v) is 19.5. The van der Waals surface area contributed by atoms with Gasteiger partial charge in [-0.2, -0.15) is 0 Å². The Balaban J connectivity index is 1.23. The minimum Gasteiger partial charge on any atom is -0.464 e. The van der Waals surface area contributed by atoms with Crippen LogP contribution in [0.25, 0.3) is 33.4 Å². The number of anilines is 1. The minimum absolute atomic E-state index is 0.0698. The van der Waals surface area contributed by atoms with E-state index in [-0.39, 0.29) is 36.9 Å². The lowest BCUT2D eigenvalue weighted by atomic mass is 9.84. The summed E-state index contributed by atoms with van der Waals surface area (Å²) in [6.07, 6.45) is 4.91. The number of ether oxygens (including phenoxy) is 2. The first-order valence-electron chi connectivity index (χ1n) is 22.6. The van der Waals surface area contributed by atoms with Gasteiger partial charge >= 0.3 is 5.97 Å². The van der Waals surface area contributed by atoms with E-state index in [4.69, 9.17) is 19.4 Å². The highest BCUT2D eigenvalue weighted by Gasteiger charge is 2.37. The highest BCUT2D eigenvalue weighted by molar-refractivity contribution is 7.10. The highest BCUT2D eigenvalue weighted by Crippen LogP contribution is 2.43. The van der Waals surface area contributed by atoms with E-state index in [0.29, 0.717) is 63.3 Å². The smallest absolute Gasteiger partial charge is 0.324 e. The van der Waals surface area contributed by atoms with Crippen molar-refractivity contribution in [1.29, 1.82) is 0 Å². The second-order valence-electron chi connectivity index (χ2n) is 18.6. The number of hydrogen-bond donors (Lipinski definition) is 2. The normalized spacial score (nSPS) is 23.0. The molecule has 15 nitrogen and oxygen atoms in total. The number of thiazole rings is 1. The number of carbonyl (C=O) groups excluding carboxylic acids is 4. The van der Waals surface area contributed by atoms with Crippen LogP contribution >= 0.6 is 11.3 Å². The number of aromatic nitrogens is 3. The molecule has 2 N–H and O–H groups in total. The van der Waals surface area contributed by atoms with Crippen molar-refractivity contribution in [1.82, 2.24) is 40.1 Å². The van der Waals surface area contributed by atoms with Crippen molar-refractivity contribution in [2.45, 2.75) is 97.9 Å². The van der Waals surface area contributed by atoms with Gasteiger partial charge in [0.1, 0.15) is 12.1 Å². The summed E-state index contributed by atoms with van der Waals surface area (Å²) in [5.74, 6) is -1.53. The van der Waals surface area contributed by atoms with Crippen molar-refractivity contribution >= 4 is 51.6 Å². The number of hydrazine groups is 1. The summed E-state index contributed by atoms with van der Waals surface area (Å²) < 4.78 is 14.5. The number of likely N-dealkylation sites (N-methyl/N-ethyl adjacent to an activating group) is 1. The van der Waals surface area contributed by atoms with Gasteiger partial charge in [0.15, 0.2) is 0 Å². The van der Waals surface area contributed by atoms with Crippen LogP contribution in [-0.2, 0) is 48.0 Å². The molecule has 3 amide bonds. The van der Waals surface area contributed by atoms with Crippen LogP contribution in [0.15, 0.2) is 35.8 Å². The van der Waals surface area contributed by atoms with E-state index >= 15 is 0 Å². The first-order valence-corrected chi connectivity index (χ1v) is 23.5. The molecule has 338 valence electrons. The van der Waals surface area contributed by atoms with Gasteiger partial charge in [-0.25, -0.2) is 10.4 Å².